The Kier molecular flexibility index (Phi) is 3.76. The molecule has 0 bridgehead atoms. The Hall–Kier alpha value is -0.790. The van der Waals surface area contributed by atoms with Crippen molar-refractivity contribution in [1.29, 1.82) is 0 Å². The molecule has 0 radical (unpaired) electrons. The van der Waals surface area contributed by atoms with Crippen molar-refractivity contribution >= 4 is 6.21 Å². The minimum Gasteiger partial charge on any atom is -0.380 e. The van der Waals surface area contributed by atoms with Crippen molar-refractivity contribution in [3.63, 3.8) is 0 Å². The monoisotopic (exact) mass is 126 g/mol. The summed E-state index contributed by atoms with van der Waals surface area (Å²) >= 11 is 0. The van der Waals surface area contributed by atoms with E-state index >= 15 is 0 Å². The molecule has 52 valence electrons. The maximum Gasteiger partial charge on any atom is 0.0452 e. The van der Waals surface area contributed by atoms with Gasteiger partial charge in [-0.2, -0.15) is 0 Å². The fraction of sp³-hybridized carbons (Fsp3) is 0.571. The first-order chi connectivity index (χ1) is 4.18. The first-order valence-corrected chi connectivity index (χ1v) is 3.00. The summed E-state index contributed by atoms with van der Waals surface area (Å²) in [5.74, 6) is 0. The van der Waals surface area contributed by atoms with Gasteiger partial charge >= 0.3 is 0 Å². The van der Waals surface area contributed by atoms with Crippen LogP contribution in [0, 0.1) is 0 Å². The number of rotatable bonds is 2. The lowest BCUT2D eigenvalue weighted by Crippen LogP contribution is -2.07. The molecule has 0 aliphatic carbocycles. The number of aliphatic imine (C=N–C) groups is 1. The summed E-state index contributed by atoms with van der Waals surface area (Å²) in [5, 5.41) is 0. The maximum absolute atomic E-state index is 3.96. The highest BCUT2D eigenvalue weighted by atomic mass is 15.1. The molecule has 0 aliphatic heterocycles. The molecule has 0 rings (SSSR count). The molecule has 0 aliphatic rings. The fourth-order valence-corrected chi connectivity index (χ4v) is 0.298. The second-order valence-electron chi connectivity index (χ2n) is 2.07. The van der Waals surface area contributed by atoms with Crippen molar-refractivity contribution < 1.29 is 0 Å². The van der Waals surface area contributed by atoms with E-state index in [0.29, 0.717) is 0 Å². The van der Waals surface area contributed by atoms with Gasteiger partial charge in [0.25, 0.3) is 0 Å². The normalized spacial score (nSPS) is 12.7. The summed E-state index contributed by atoms with van der Waals surface area (Å²) < 4.78 is 0. The highest BCUT2D eigenvalue weighted by Gasteiger charge is 1.85. The van der Waals surface area contributed by atoms with Crippen LogP contribution < -0.4 is 0 Å². The third-order valence-corrected chi connectivity index (χ3v) is 1.12. The predicted molar refractivity (Wildman–Crippen MR) is 41.6 cm³/mol. The van der Waals surface area contributed by atoms with Crippen molar-refractivity contribution in [2.75, 3.05) is 14.1 Å². The number of allylic oxidation sites excluding steroid dienone is 1. The van der Waals surface area contributed by atoms with E-state index in [4.69, 9.17) is 0 Å². The van der Waals surface area contributed by atoms with Gasteiger partial charge in [-0.25, -0.2) is 0 Å². The molecule has 0 unspecified atom stereocenters. The molecular weight excluding hydrogens is 112 g/mol. The molecule has 0 aromatic rings. The minimum atomic E-state index is 1.16. The van der Waals surface area contributed by atoms with Crippen LogP contribution in [0.5, 0.6) is 0 Å². The van der Waals surface area contributed by atoms with Gasteiger partial charge in [-0.3, -0.25) is 4.99 Å². The topological polar surface area (TPSA) is 15.6 Å². The Labute approximate surface area is 56.9 Å². The maximum atomic E-state index is 3.96. The predicted octanol–water partition coefficient (Wildman–Crippen LogP) is 1.50. The van der Waals surface area contributed by atoms with Gasteiger partial charge in [0.1, 0.15) is 0 Å². The zero-order valence-electron chi connectivity index (χ0n) is 6.55. The van der Waals surface area contributed by atoms with Crippen LogP contribution in [0.3, 0.4) is 0 Å². The fourth-order valence-electron chi connectivity index (χ4n) is 0.298. The van der Waals surface area contributed by atoms with E-state index in [1.165, 1.54) is 0 Å². The highest BCUT2D eigenvalue weighted by Crippen LogP contribution is 1.94. The molecule has 0 amide bonds. The second-order valence-corrected chi connectivity index (χ2v) is 2.07. The summed E-state index contributed by atoms with van der Waals surface area (Å²) in [4.78, 5) is 5.99. The molecule has 9 heavy (non-hydrogen) atoms. The number of hydrogen-bond acceptors (Lipinski definition) is 2. The number of hydrogen-bond donors (Lipinski definition) is 0. The van der Waals surface area contributed by atoms with Gasteiger partial charge in [0.15, 0.2) is 0 Å². The van der Waals surface area contributed by atoms with Gasteiger partial charge in [-0.1, -0.05) is 0 Å². The van der Waals surface area contributed by atoms with Crippen LogP contribution >= 0.6 is 0 Å². The molecule has 0 saturated heterocycles. The third-order valence-electron chi connectivity index (χ3n) is 1.12. The van der Waals surface area contributed by atoms with Crippen LogP contribution in [-0.2, 0) is 0 Å². The average molecular weight is 126 g/mol. The average Bonchev–Trinajstić information content (AvgIpc) is 1.82. The Balaban J connectivity index is 3.84. The van der Waals surface area contributed by atoms with E-state index in [-0.39, 0.29) is 0 Å². The molecule has 0 saturated carbocycles. The molecule has 0 aromatic carbocycles. The third kappa shape index (κ3) is 3.76. The zero-order valence-corrected chi connectivity index (χ0v) is 6.55. The van der Waals surface area contributed by atoms with Gasteiger partial charge in [0.05, 0.1) is 0 Å². The van der Waals surface area contributed by atoms with E-state index in [1.807, 2.05) is 39.0 Å². The number of nitrogens with zero attached hydrogens (tertiary/aromatic N) is 2. The molecule has 2 heteroatoms. The van der Waals surface area contributed by atoms with Gasteiger partial charge in [0.2, 0.25) is 0 Å². The Morgan fingerprint density at radius 3 is 2.33 bits per heavy atom. The second kappa shape index (κ2) is 4.13. The standard InChI is InChI=1S/C7H14N2/c1-5-8-6-7(2)9(3)4/h5-6H,1-4H3/b7-6-,8-5-. The van der Waals surface area contributed by atoms with E-state index in [9.17, 15) is 0 Å². The van der Waals surface area contributed by atoms with Crippen molar-refractivity contribution in [3.05, 3.63) is 11.9 Å². The van der Waals surface area contributed by atoms with Crippen LogP contribution in [0.25, 0.3) is 0 Å². The van der Waals surface area contributed by atoms with Gasteiger partial charge in [0, 0.05) is 32.2 Å². The van der Waals surface area contributed by atoms with E-state index in [1.54, 1.807) is 6.21 Å². The van der Waals surface area contributed by atoms with Crippen molar-refractivity contribution in [2.24, 2.45) is 4.99 Å². The molecule has 2 nitrogen and oxygen atoms in total. The summed E-state index contributed by atoms with van der Waals surface area (Å²) in [5.41, 5.74) is 1.16. The van der Waals surface area contributed by atoms with Gasteiger partial charge in [-0.15, -0.1) is 0 Å². The Morgan fingerprint density at radius 2 is 2.00 bits per heavy atom. The molecule has 0 aromatic heterocycles. The molecule has 0 spiro atoms. The Bertz CT molecular complexity index is 123. The Morgan fingerprint density at radius 1 is 1.44 bits per heavy atom. The molecule has 0 heterocycles. The quantitative estimate of drug-likeness (QED) is 0.512. The van der Waals surface area contributed by atoms with Crippen LogP contribution in [0.2, 0.25) is 0 Å². The molecule has 0 fully saturated rings. The van der Waals surface area contributed by atoms with E-state index in [2.05, 4.69) is 4.99 Å². The first-order valence-electron chi connectivity index (χ1n) is 3.00. The lowest BCUT2D eigenvalue weighted by molar-refractivity contribution is 0.512. The minimum absolute atomic E-state index is 1.16. The molecule has 0 atom stereocenters. The summed E-state index contributed by atoms with van der Waals surface area (Å²) in [7, 11) is 3.99. The highest BCUT2D eigenvalue weighted by molar-refractivity contribution is 5.54. The molecule has 0 N–H and O–H groups in total. The SMILES string of the molecule is C/C=N\C=C(\C)N(C)C. The zero-order chi connectivity index (χ0) is 7.28. The first kappa shape index (κ1) is 8.21. The largest absolute Gasteiger partial charge is 0.380 e. The van der Waals surface area contributed by atoms with Crippen molar-refractivity contribution in [2.45, 2.75) is 13.8 Å². The van der Waals surface area contributed by atoms with Crippen molar-refractivity contribution in [1.82, 2.24) is 4.90 Å². The van der Waals surface area contributed by atoms with Crippen LogP contribution in [0.1, 0.15) is 13.8 Å². The summed E-state index contributed by atoms with van der Waals surface area (Å²) in [6.45, 7) is 3.92. The van der Waals surface area contributed by atoms with Gasteiger partial charge < -0.3 is 4.90 Å². The van der Waals surface area contributed by atoms with E-state index < -0.39 is 0 Å². The van der Waals surface area contributed by atoms with E-state index in [0.717, 1.165) is 5.70 Å². The summed E-state index contributed by atoms with van der Waals surface area (Å²) in [6.07, 6.45) is 3.60. The lowest BCUT2D eigenvalue weighted by Gasteiger charge is -2.10. The summed E-state index contributed by atoms with van der Waals surface area (Å²) in [6, 6.07) is 0. The smallest absolute Gasteiger partial charge is 0.0452 e. The van der Waals surface area contributed by atoms with Crippen LogP contribution in [0.4, 0.5) is 0 Å². The molecular formula is C7H14N2. The van der Waals surface area contributed by atoms with Crippen LogP contribution in [-0.4, -0.2) is 25.2 Å². The van der Waals surface area contributed by atoms with Crippen LogP contribution in [0.15, 0.2) is 16.9 Å². The lowest BCUT2D eigenvalue weighted by atomic mass is 10.5. The van der Waals surface area contributed by atoms with Crippen molar-refractivity contribution in [3.8, 4) is 0 Å². The van der Waals surface area contributed by atoms with Gasteiger partial charge in [-0.05, 0) is 13.8 Å².